The third kappa shape index (κ3) is 3.96. The molecule has 0 aliphatic carbocycles. The summed E-state index contributed by atoms with van der Waals surface area (Å²) < 4.78 is 12.1. The average molecular weight is 421 g/mol. The molecular formula is C23H23N3O5. The van der Waals surface area contributed by atoms with Crippen LogP contribution in [0.1, 0.15) is 22.7 Å². The third-order valence-corrected chi connectivity index (χ3v) is 5.51. The van der Waals surface area contributed by atoms with Gasteiger partial charge in [-0.05, 0) is 35.2 Å². The lowest BCUT2D eigenvalue weighted by molar-refractivity contribution is -0.134. The van der Waals surface area contributed by atoms with E-state index in [2.05, 4.69) is 4.98 Å². The summed E-state index contributed by atoms with van der Waals surface area (Å²) in [5.74, 6) is 1.02. The van der Waals surface area contributed by atoms with E-state index in [0.29, 0.717) is 24.5 Å². The van der Waals surface area contributed by atoms with Crippen LogP contribution in [-0.4, -0.2) is 41.1 Å². The van der Waals surface area contributed by atoms with Gasteiger partial charge < -0.3 is 14.4 Å². The fraction of sp³-hybridized carbons (Fsp3) is 0.261. The molecule has 0 saturated carbocycles. The number of H-pyrrole nitrogens is 1. The van der Waals surface area contributed by atoms with Crippen LogP contribution in [0.5, 0.6) is 11.5 Å². The van der Waals surface area contributed by atoms with Crippen LogP contribution in [-0.2, 0) is 17.8 Å². The molecule has 1 aromatic heterocycles. The highest BCUT2D eigenvalue weighted by Gasteiger charge is 2.33. The van der Waals surface area contributed by atoms with Crippen molar-refractivity contribution in [3.8, 4) is 11.5 Å². The second-order valence-electron chi connectivity index (χ2n) is 7.29. The van der Waals surface area contributed by atoms with Crippen LogP contribution in [0.25, 0.3) is 0 Å². The van der Waals surface area contributed by atoms with E-state index in [4.69, 9.17) is 9.47 Å². The van der Waals surface area contributed by atoms with Crippen molar-refractivity contribution >= 4 is 5.91 Å². The molecular weight excluding hydrogens is 398 g/mol. The molecule has 31 heavy (non-hydrogen) atoms. The Morgan fingerprint density at radius 3 is 2.45 bits per heavy atom. The van der Waals surface area contributed by atoms with Crippen LogP contribution < -0.4 is 20.7 Å². The molecule has 3 aromatic rings. The van der Waals surface area contributed by atoms with E-state index < -0.39 is 11.2 Å². The SMILES string of the molecule is COc1cc2c(cc1OC)C(c1ccccc1)N(C(=O)Cn1ccc(=O)[nH]c1=O)CC2. The predicted octanol–water partition coefficient (Wildman–Crippen LogP) is 1.73. The number of aromatic nitrogens is 2. The first-order valence-corrected chi connectivity index (χ1v) is 9.91. The molecule has 160 valence electrons. The molecule has 1 N–H and O–H groups in total. The molecule has 8 heteroatoms. The van der Waals surface area contributed by atoms with Gasteiger partial charge in [0.25, 0.3) is 5.56 Å². The van der Waals surface area contributed by atoms with Gasteiger partial charge in [-0.3, -0.25) is 19.1 Å². The zero-order valence-electron chi connectivity index (χ0n) is 17.3. The highest BCUT2D eigenvalue weighted by molar-refractivity contribution is 5.78. The molecule has 1 amide bonds. The molecule has 2 aromatic carbocycles. The van der Waals surface area contributed by atoms with Crippen molar-refractivity contribution in [2.75, 3.05) is 20.8 Å². The first kappa shape index (κ1) is 20.5. The summed E-state index contributed by atoms with van der Waals surface area (Å²) >= 11 is 0. The van der Waals surface area contributed by atoms with Crippen LogP contribution in [0.4, 0.5) is 0 Å². The summed E-state index contributed by atoms with van der Waals surface area (Å²) in [6.45, 7) is 0.320. The van der Waals surface area contributed by atoms with Gasteiger partial charge in [0.15, 0.2) is 11.5 Å². The van der Waals surface area contributed by atoms with E-state index in [9.17, 15) is 14.4 Å². The van der Waals surface area contributed by atoms with Crippen LogP contribution in [0.15, 0.2) is 64.3 Å². The fourth-order valence-corrected chi connectivity index (χ4v) is 4.01. The smallest absolute Gasteiger partial charge is 0.328 e. The second-order valence-corrected chi connectivity index (χ2v) is 7.29. The van der Waals surface area contributed by atoms with Crippen molar-refractivity contribution in [2.45, 2.75) is 19.0 Å². The van der Waals surface area contributed by atoms with Gasteiger partial charge >= 0.3 is 5.69 Å². The molecule has 1 aliphatic rings. The summed E-state index contributed by atoms with van der Waals surface area (Å²) in [6, 6.07) is 14.5. The molecule has 0 fully saturated rings. The Morgan fingerprint density at radius 1 is 1.06 bits per heavy atom. The summed E-state index contributed by atoms with van der Waals surface area (Å²) in [5.41, 5.74) is 1.89. The van der Waals surface area contributed by atoms with Crippen molar-refractivity contribution in [3.05, 3.63) is 92.3 Å². The zero-order chi connectivity index (χ0) is 22.0. The normalized spacial score (nSPS) is 15.3. The third-order valence-electron chi connectivity index (χ3n) is 5.51. The Balaban J connectivity index is 1.77. The van der Waals surface area contributed by atoms with Gasteiger partial charge in [-0.2, -0.15) is 0 Å². The van der Waals surface area contributed by atoms with Gasteiger partial charge in [0.05, 0.1) is 20.3 Å². The van der Waals surface area contributed by atoms with Crippen molar-refractivity contribution < 1.29 is 14.3 Å². The first-order valence-electron chi connectivity index (χ1n) is 9.91. The van der Waals surface area contributed by atoms with Crippen LogP contribution >= 0.6 is 0 Å². The number of carbonyl (C=O) groups is 1. The zero-order valence-corrected chi connectivity index (χ0v) is 17.3. The van der Waals surface area contributed by atoms with Gasteiger partial charge in [-0.1, -0.05) is 30.3 Å². The maximum absolute atomic E-state index is 13.3. The van der Waals surface area contributed by atoms with Crippen LogP contribution in [0, 0.1) is 0 Å². The van der Waals surface area contributed by atoms with Crippen molar-refractivity contribution in [3.63, 3.8) is 0 Å². The molecule has 0 radical (unpaired) electrons. The Kier molecular flexibility index (Phi) is 5.62. The molecule has 0 spiro atoms. The van der Waals surface area contributed by atoms with Gasteiger partial charge in [0, 0.05) is 18.8 Å². The fourth-order valence-electron chi connectivity index (χ4n) is 4.01. The molecule has 2 heterocycles. The molecule has 1 aliphatic heterocycles. The highest BCUT2D eigenvalue weighted by Crippen LogP contribution is 2.41. The number of nitrogens with zero attached hydrogens (tertiary/aromatic N) is 2. The standard InChI is InChI=1S/C23H23N3O5/c1-30-18-12-16-8-11-26(21(28)14-25-10-9-20(27)24-23(25)29)22(15-6-4-3-5-7-15)17(16)13-19(18)31-2/h3-7,9-10,12-13,22H,8,11,14H2,1-2H3,(H,24,27,29). The van der Waals surface area contributed by atoms with Gasteiger partial charge in [-0.15, -0.1) is 0 Å². The lowest BCUT2D eigenvalue weighted by atomic mass is 9.87. The topological polar surface area (TPSA) is 93.6 Å². The number of amides is 1. The minimum atomic E-state index is -0.610. The lowest BCUT2D eigenvalue weighted by Gasteiger charge is -2.38. The first-order chi connectivity index (χ1) is 15.0. The van der Waals surface area contributed by atoms with Crippen LogP contribution in [0.3, 0.4) is 0 Å². The maximum Gasteiger partial charge on any atom is 0.328 e. The Morgan fingerprint density at radius 2 is 1.77 bits per heavy atom. The van der Waals surface area contributed by atoms with Gasteiger partial charge in [0.2, 0.25) is 5.91 Å². The molecule has 1 atom stereocenters. The van der Waals surface area contributed by atoms with E-state index >= 15 is 0 Å². The number of hydrogen-bond acceptors (Lipinski definition) is 5. The van der Waals surface area contributed by atoms with Gasteiger partial charge in [0.1, 0.15) is 6.54 Å². The van der Waals surface area contributed by atoms with E-state index in [-0.39, 0.29) is 18.5 Å². The van der Waals surface area contributed by atoms with E-state index in [1.165, 1.54) is 16.8 Å². The Hall–Kier alpha value is -3.81. The monoisotopic (exact) mass is 421 g/mol. The minimum absolute atomic E-state index is 0.165. The summed E-state index contributed by atoms with van der Waals surface area (Å²) in [7, 11) is 3.18. The number of carbonyl (C=O) groups excluding carboxylic acids is 1. The number of benzene rings is 2. The largest absolute Gasteiger partial charge is 0.493 e. The van der Waals surface area contributed by atoms with E-state index in [1.807, 2.05) is 42.5 Å². The minimum Gasteiger partial charge on any atom is -0.493 e. The molecule has 1 unspecified atom stereocenters. The number of aromatic amines is 1. The number of rotatable bonds is 5. The Labute approximate surface area is 178 Å². The molecule has 0 bridgehead atoms. The number of methoxy groups -OCH3 is 2. The summed E-state index contributed by atoms with van der Waals surface area (Å²) in [5, 5.41) is 0. The number of hydrogen-bond donors (Lipinski definition) is 1. The van der Waals surface area contributed by atoms with Crippen molar-refractivity contribution in [1.82, 2.24) is 14.5 Å². The molecule has 8 nitrogen and oxygen atoms in total. The van der Waals surface area contributed by atoms with Crippen molar-refractivity contribution in [1.29, 1.82) is 0 Å². The average Bonchev–Trinajstić information content (AvgIpc) is 2.79. The quantitative estimate of drug-likeness (QED) is 0.677. The number of nitrogens with one attached hydrogen (secondary N) is 1. The summed E-state index contributed by atoms with van der Waals surface area (Å²) in [4.78, 5) is 40.6. The lowest BCUT2D eigenvalue weighted by Crippen LogP contribution is -2.44. The van der Waals surface area contributed by atoms with Crippen molar-refractivity contribution in [2.24, 2.45) is 0 Å². The Bertz CT molecular complexity index is 1220. The van der Waals surface area contributed by atoms with Gasteiger partial charge in [-0.25, -0.2) is 4.79 Å². The maximum atomic E-state index is 13.3. The highest BCUT2D eigenvalue weighted by atomic mass is 16.5. The predicted molar refractivity (Wildman–Crippen MR) is 115 cm³/mol. The summed E-state index contributed by atoms with van der Waals surface area (Å²) in [6.07, 6.45) is 1.98. The number of fused-ring (bicyclic) bond motifs is 1. The molecule has 4 rings (SSSR count). The van der Waals surface area contributed by atoms with E-state index in [0.717, 1.165) is 16.7 Å². The number of ether oxygens (including phenoxy) is 2. The second kappa shape index (κ2) is 8.51. The molecule has 0 saturated heterocycles. The van der Waals surface area contributed by atoms with E-state index in [1.54, 1.807) is 19.1 Å². The van der Waals surface area contributed by atoms with Crippen LogP contribution in [0.2, 0.25) is 0 Å².